The summed E-state index contributed by atoms with van der Waals surface area (Å²) in [5.41, 5.74) is 5.47. The SMILES string of the molecule is CCC1CC(=O)C(CC(N)C(=O)O)CC1C. The Morgan fingerprint density at radius 2 is 2.25 bits per heavy atom. The van der Waals surface area contributed by atoms with E-state index in [1.807, 2.05) is 0 Å². The minimum absolute atomic E-state index is 0.149. The molecule has 4 atom stereocenters. The van der Waals surface area contributed by atoms with Crippen molar-refractivity contribution in [1.29, 1.82) is 0 Å². The monoisotopic (exact) mass is 227 g/mol. The average Bonchev–Trinajstić information content (AvgIpc) is 2.22. The van der Waals surface area contributed by atoms with Gasteiger partial charge < -0.3 is 10.8 Å². The number of nitrogens with two attached hydrogens (primary N) is 1. The van der Waals surface area contributed by atoms with E-state index in [4.69, 9.17) is 10.8 Å². The van der Waals surface area contributed by atoms with Crippen molar-refractivity contribution in [1.82, 2.24) is 0 Å². The minimum Gasteiger partial charge on any atom is -0.480 e. The van der Waals surface area contributed by atoms with Gasteiger partial charge in [-0.2, -0.15) is 0 Å². The Bertz CT molecular complexity index is 277. The molecular formula is C12H21NO3. The lowest BCUT2D eigenvalue weighted by Gasteiger charge is -2.33. The second-order valence-corrected chi connectivity index (χ2v) is 4.93. The number of hydrogen-bond acceptors (Lipinski definition) is 3. The maximum absolute atomic E-state index is 11.8. The summed E-state index contributed by atoms with van der Waals surface area (Å²) >= 11 is 0. The van der Waals surface area contributed by atoms with E-state index in [1.54, 1.807) is 0 Å². The molecule has 4 heteroatoms. The molecule has 0 aromatic heterocycles. The van der Waals surface area contributed by atoms with Crippen molar-refractivity contribution < 1.29 is 14.7 Å². The molecule has 0 aromatic carbocycles. The number of hydrogen-bond donors (Lipinski definition) is 2. The Hall–Kier alpha value is -0.900. The molecule has 1 saturated carbocycles. The Kier molecular flexibility index (Phi) is 4.47. The summed E-state index contributed by atoms with van der Waals surface area (Å²) in [6, 6.07) is -0.903. The molecule has 1 rings (SSSR count). The highest BCUT2D eigenvalue weighted by Gasteiger charge is 2.34. The summed E-state index contributed by atoms with van der Waals surface area (Å²) < 4.78 is 0. The second-order valence-electron chi connectivity index (χ2n) is 4.93. The summed E-state index contributed by atoms with van der Waals surface area (Å²) in [6.07, 6.45) is 2.69. The van der Waals surface area contributed by atoms with Crippen LogP contribution in [0.15, 0.2) is 0 Å². The number of Topliss-reactive ketones (excluding diaryl/α,β-unsaturated/α-hetero) is 1. The van der Waals surface area contributed by atoms with Crippen molar-refractivity contribution in [3.8, 4) is 0 Å². The molecule has 16 heavy (non-hydrogen) atoms. The summed E-state index contributed by atoms with van der Waals surface area (Å²) in [7, 11) is 0. The smallest absolute Gasteiger partial charge is 0.320 e. The molecular weight excluding hydrogens is 206 g/mol. The van der Waals surface area contributed by atoms with Gasteiger partial charge in [0.1, 0.15) is 11.8 Å². The highest BCUT2D eigenvalue weighted by atomic mass is 16.4. The first-order valence-electron chi connectivity index (χ1n) is 5.96. The van der Waals surface area contributed by atoms with Gasteiger partial charge in [0, 0.05) is 12.3 Å². The number of carboxylic acid groups (broad SMARTS) is 1. The van der Waals surface area contributed by atoms with E-state index in [2.05, 4.69) is 13.8 Å². The van der Waals surface area contributed by atoms with Gasteiger partial charge in [0.25, 0.3) is 0 Å². The zero-order valence-electron chi connectivity index (χ0n) is 9.98. The van der Waals surface area contributed by atoms with E-state index >= 15 is 0 Å². The zero-order valence-corrected chi connectivity index (χ0v) is 9.98. The maximum atomic E-state index is 11.8. The standard InChI is InChI=1S/C12H21NO3/c1-3-8-6-11(14)9(4-7(8)2)5-10(13)12(15)16/h7-10H,3-6,13H2,1-2H3,(H,15,16). The van der Waals surface area contributed by atoms with Gasteiger partial charge in [0.05, 0.1) is 0 Å². The first-order valence-corrected chi connectivity index (χ1v) is 5.96. The Labute approximate surface area is 96.2 Å². The van der Waals surface area contributed by atoms with E-state index < -0.39 is 12.0 Å². The van der Waals surface area contributed by atoms with Crippen molar-refractivity contribution in [2.75, 3.05) is 0 Å². The van der Waals surface area contributed by atoms with Crippen LogP contribution in [0, 0.1) is 17.8 Å². The first kappa shape index (κ1) is 13.2. The van der Waals surface area contributed by atoms with Gasteiger partial charge in [-0.3, -0.25) is 9.59 Å². The highest BCUT2D eigenvalue weighted by Crippen LogP contribution is 2.35. The van der Waals surface area contributed by atoms with Crippen molar-refractivity contribution in [2.24, 2.45) is 23.5 Å². The molecule has 4 unspecified atom stereocenters. The quantitative estimate of drug-likeness (QED) is 0.761. The van der Waals surface area contributed by atoms with E-state index in [0.717, 1.165) is 12.8 Å². The Morgan fingerprint density at radius 3 is 2.75 bits per heavy atom. The van der Waals surface area contributed by atoms with Crippen LogP contribution in [-0.4, -0.2) is 22.9 Å². The number of rotatable bonds is 4. The third-order valence-corrected chi connectivity index (χ3v) is 3.76. The third kappa shape index (κ3) is 3.04. The molecule has 92 valence electrons. The normalized spacial score (nSPS) is 32.4. The number of aliphatic carboxylic acids is 1. The van der Waals surface area contributed by atoms with Gasteiger partial charge in [-0.05, 0) is 24.7 Å². The molecule has 1 aliphatic carbocycles. The number of carbonyl (C=O) groups is 2. The summed E-state index contributed by atoms with van der Waals surface area (Å²) in [4.78, 5) is 22.5. The van der Waals surface area contributed by atoms with Crippen molar-refractivity contribution in [2.45, 2.75) is 45.6 Å². The third-order valence-electron chi connectivity index (χ3n) is 3.76. The van der Waals surface area contributed by atoms with E-state index in [0.29, 0.717) is 18.3 Å². The van der Waals surface area contributed by atoms with Gasteiger partial charge >= 0.3 is 5.97 Å². The van der Waals surface area contributed by atoms with Crippen LogP contribution in [0.1, 0.15) is 39.5 Å². The zero-order chi connectivity index (χ0) is 12.3. The lowest BCUT2D eigenvalue weighted by molar-refractivity contribution is -0.139. The van der Waals surface area contributed by atoms with Crippen LogP contribution in [0.3, 0.4) is 0 Å². The summed E-state index contributed by atoms with van der Waals surface area (Å²) in [5.74, 6) is -0.0119. The topological polar surface area (TPSA) is 80.4 Å². The van der Waals surface area contributed by atoms with Crippen LogP contribution in [0.25, 0.3) is 0 Å². The molecule has 0 bridgehead atoms. The minimum atomic E-state index is -1.02. The second kappa shape index (κ2) is 5.43. The van der Waals surface area contributed by atoms with E-state index in [-0.39, 0.29) is 18.1 Å². The van der Waals surface area contributed by atoms with Crippen LogP contribution in [-0.2, 0) is 9.59 Å². The predicted octanol–water partition coefficient (Wildman–Crippen LogP) is 1.43. The van der Waals surface area contributed by atoms with Crippen LogP contribution in [0.4, 0.5) is 0 Å². The first-order chi connectivity index (χ1) is 7.45. The van der Waals surface area contributed by atoms with Crippen molar-refractivity contribution >= 4 is 11.8 Å². The number of carbonyl (C=O) groups excluding carboxylic acids is 1. The molecule has 1 fully saturated rings. The number of carboxylic acids is 1. The van der Waals surface area contributed by atoms with Crippen molar-refractivity contribution in [3.63, 3.8) is 0 Å². The van der Waals surface area contributed by atoms with Crippen LogP contribution >= 0.6 is 0 Å². The fourth-order valence-corrected chi connectivity index (χ4v) is 2.58. The highest BCUT2D eigenvalue weighted by molar-refractivity contribution is 5.83. The molecule has 0 aromatic rings. The molecule has 0 heterocycles. The van der Waals surface area contributed by atoms with Gasteiger partial charge in [-0.1, -0.05) is 20.3 Å². The van der Waals surface area contributed by atoms with Crippen LogP contribution in [0.5, 0.6) is 0 Å². The molecule has 0 amide bonds. The number of ketones is 1. The van der Waals surface area contributed by atoms with Crippen molar-refractivity contribution in [3.05, 3.63) is 0 Å². The molecule has 3 N–H and O–H groups in total. The van der Waals surface area contributed by atoms with Gasteiger partial charge in [-0.25, -0.2) is 0 Å². The Morgan fingerprint density at radius 1 is 1.62 bits per heavy atom. The fraction of sp³-hybridized carbons (Fsp3) is 0.833. The largest absolute Gasteiger partial charge is 0.480 e. The van der Waals surface area contributed by atoms with E-state index in [1.165, 1.54) is 0 Å². The van der Waals surface area contributed by atoms with Gasteiger partial charge in [0.2, 0.25) is 0 Å². The summed E-state index contributed by atoms with van der Waals surface area (Å²) in [5, 5.41) is 8.73. The van der Waals surface area contributed by atoms with Gasteiger partial charge in [-0.15, -0.1) is 0 Å². The van der Waals surface area contributed by atoms with Gasteiger partial charge in [0.15, 0.2) is 0 Å². The maximum Gasteiger partial charge on any atom is 0.320 e. The molecule has 1 aliphatic rings. The molecule has 0 spiro atoms. The molecule has 0 radical (unpaired) electrons. The fourth-order valence-electron chi connectivity index (χ4n) is 2.58. The molecule has 4 nitrogen and oxygen atoms in total. The lowest BCUT2D eigenvalue weighted by Crippen LogP contribution is -2.38. The van der Waals surface area contributed by atoms with Crippen LogP contribution in [0.2, 0.25) is 0 Å². The Balaban J connectivity index is 2.56. The van der Waals surface area contributed by atoms with Crippen LogP contribution < -0.4 is 5.73 Å². The average molecular weight is 227 g/mol. The summed E-state index contributed by atoms with van der Waals surface area (Å²) in [6.45, 7) is 4.23. The molecule has 0 aliphatic heterocycles. The van der Waals surface area contributed by atoms with E-state index in [9.17, 15) is 9.59 Å². The lowest BCUT2D eigenvalue weighted by atomic mass is 9.71. The molecule has 0 saturated heterocycles. The predicted molar refractivity (Wildman–Crippen MR) is 60.9 cm³/mol.